The van der Waals surface area contributed by atoms with Crippen molar-refractivity contribution < 1.29 is 22.7 Å². The number of aryl methyl sites for hydroxylation is 3. The van der Waals surface area contributed by atoms with Crippen LogP contribution in [0.3, 0.4) is 0 Å². The van der Waals surface area contributed by atoms with Crippen molar-refractivity contribution in [1.29, 1.82) is 0 Å². The molecule has 2 aliphatic rings. The lowest BCUT2D eigenvalue weighted by molar-refractivity contribution is -0.274. The predicted octanol–water partition coefficient (Wildman–Crippen LogP) is 8.96. The Hall–Kier alpha value is -3.79. The van der Waals surface area contributed by atoms with E-state index in [0.717, 1.165) is 43.5 Å². The number of carbonyl (C=O) groups is 1. The zero-order chi connectivity index (χ0) is 32.4. The number of ketones is 1. The van der Waals surface area contributed by atoms with Crippen molar-refractivity contribution in [3.05, 3.63) is 89.2 Å². The summed E-state index contributed by atoms with van der Waals surface area (Å²) in [5.41, 5.74) is 7.86. The van der Waals surface area contributed by atoms with Crippen LogP contribution in [0.5, 0.6) is 5.75 Å². The van der Waals surface area contributed by atoms with Crippen LogP contribution in [0.15, 0.2) is 67.0 Å². The summed E-state index contributed by atoms with van der Waals surface area (Å²) < 4.78 is 42.8. The number of thioether (sulfide) groups is 1. The van der Waals surface area contributed by atoms with Gasteiger partial charge in [-0.3, -0.25) is 4.79 Å². The van der Waals surface area contributed by atoms with Gasteiger partial charge in [0.05, 0.1) is 11.1 Å². The number of hydrogen-bond donors (Lipinski definition) is 0. The Morgan fingerprint density at radius 1 is 0.978 bits per heavy atom. The molecule has 10 heteroatoms. The number of nitrogens with zero attached hydrogens (tertiary/aromatic N) is 4. The van der Waals surface area contributed by atoms with Crippen LogP contribution < -0.4 is 9.64 Å². The van der Waals surface area contributed by atoms with Gasteiger partial charge in [-0.1, -0.05) is 42.0 Å². The summed E-state index contributed by atoms with van der Waals surface area (Å²) in [6.45, 7) is 7.51. The van der Waals surface area contributed by atoms with Crippen LogP contribution in [0, 0.1) is 26.7 Å². The fourth-order valence-corrected chi connectivity index (χ4v) is 8.39. The van der Waals surface area contributed by atoms with Crippen molar-refractivity contribution in [2.24, 2.45) is 5.92 Å². The first-order valence-electron chi connectivity index (χ1n) is 15.9. The number of anilines is 1. The van der Waals surface area contributed by atoms with Crippen LogP contribution in [-0.2, 0) is 4.79 Å². The van der Waals surface area contributed by atoms with Gasteiger partial charge in [-0.05, 0) is 105 Å². The van der Waals surface area contributed by atoms with E-state index in [1.54, 1.807) is 0 Å². The Morgan fingerprint density at radius 2 is 1.70 bits per heavy atom. The molecule has 3 aromatic carbocycles. The maximum atomic E-state index is 13.4. The molecule has 0 radical (unpaired) electrons. The van der Waals surface area contributed by atoms with E-state index in [4.69, 9.17) is 0 Å². The van der Waals surface area contributed by atoms with Gasteiger partial charge in [0.1, 0.15) is 17.9 Å². The quantitative estimate of drug-likeness (QED) is 0.181. The third-order valence-corrected chi connectivity index (χ3v) is 10.4. The number of rotatable bonds is 9. The SMILES string of the molecule is Cc1cc(C)c(N2CCCSC2CC(=O)CC2CCC(c3ccc(-c4ncn(-c5ccc(OC(F)(F)F)cc5)n4)cc3)C2)c(C)c1. The highest BCUT2D eigenvalue weighted by Gasteiger charge is 2.32. The Labute approximate surface area is 272 Å². The molecule has 46 heavy (non-hydrogen) atoms. The average Bonchev–Trinajstić information content (AvgIpc) is 3.68. The molecule has 1 saturated carbocycles. The van der Waals surface area contributed by atoms with E-state index < -0.39 is 6.36 Å². The first-order valence-corrected chi connectivity index (χ1v) is 16.9. The summed E-state index contributed by atoms with van der Waals surface area (Å²) in [5.74, 6) is 2.55. The van der Waals surface area contributed by atoms with Crippen molar-refractivity contribution >= 4 is 23.2 Å². The second kappa shape index (κ2) is 13.5. The number of Topliss-reactive ketones (excluding diaryl/α,β-unsaturated/α-hetero) is 1. The van der Waals surface area contributed by atoms with E-state index in [9.17, 15) is 18.0 Å². The van der Waals surface area contributed by atoms with Gasteiger partial charge in [-0.2, -0.15) is 0 Å². The Morgan fingerprint density at radius 3 is 2.39 bits per heavy atom. The number of benzene rings is 3. The molecule has 0 N–H and O–H groups in total. The Kier molecular flexibility index (Phi) is 9.45. The van der Waals surface area contributed by atoms with Crippen LogP contribution in [0.2, 0.25) is 0 Å². The molecule has 3 atom stereocenters. The molecular weight excluding hydrogens is 609 g/mol. The van der Waals surface area contributed by atoms with E-state index in [2.05, 4.69) is 64.8 Å². The van der Waals surface area contributed by atoms with Crippen molar-refractivity contribution in [2.75, 3.05) is 17.2 Å². The molecule has 1 saturated heterocycles. The number of hydrogen-bond acceptors (Lipinski definition) is 6. The van der Waals surface area contributed by atoms with Gasteiger partial charge >= 0.3 is 6.36 Å². The normalized spacial score (nSPS) is 20.2. The lowest BCUT2D eigenvalue weighted by Gasteiger charge is -2.39. The van der Waals surface area contributed by atoms with Crippen molar-refractivity contribution in [3.8, 4) is 22.8 Å². The standard InChI is InChI=1S/C36H39F3N4O2S/c1-23-17-24(2)34(25(3)18-23)42-15-4-16-46-33(42)21-31(44)20-26-5-6-29(19-26)27-7-9-28(10-8-27)35-40-22-43(41-35)30-11-13-32(14-12-30)45-36(37,38)39/h7-14,17-18,22,26,29,33H,4-6,15-16,19-21H2,1-3H3. The van der Waals surface area contributed by atoms with Gasteiger partial charge in [-0.15, -0.1) is 30.0 Å². The maximum Gasteiger partial charge on any atom is 0.573 e. The van der Waals surface area contributed by atoms with Crippen LogP contribution in [-0.4, -0.2) is 44.6 Å². The van der Waals surface area contributed by atoms with Crippen molar-refractivity contribution in [2.45, 2.75) is 77.0 Å². The Balaban J connectivity index is 1.03. The molecule has 0 spiro atoms. The fourth-order valence-electron chi connectivity index (χ4n) is 7.13. The monoisotopic (exact) mass is 648 g/mol. The predicted molar refractivity (Wildman–Crippen MR) is 177 cm³/mol. The van der Waals surface area contributed by atoms with Crippen LogP contribution in [0.1, 0.15) is 66.7 Å². The molecule has 1 aliphatic heterocycles. The van der Waals surface area contributed by atoms with Crippen molar-refractivity contribution in [3.63, 3.8) is 0 Å². The van der Waals surface area contributed by atoms with Gasteiger partial charge in [0.2, 0.25) is 0 Å². The highest BCUT2D eigenvalue weighted by atomic mass is 32.2. The molecule has 0 amide bonds. The molecule has 242 valence electrons. The van der Waals surface area contributed by atoms with Crippen LogP contribution in [0.25, 0.3) is 17.1 Å². The number of ether oxygens (including phenoxy) is 1. The second-order valence-corrected chi connectivity index (χ2v) is 13.9. The van der Waals surface area contributed by atoms with Gasteiger partial charge < -0.3 is 9.64 Å². The summed E-state index contributed by atoms with van der Waals surface area (Å²) in [5, 5.41) is 4.71. The number of carbonyl (C=O) groups excluding carboxylic acids is 1. The van der Waals surface area contributed by atoms with Gasteiger partial charge in [0.15, 0.2) is 5.82 Å². The highest BCUT2D eigenvalue weighted by Crippen LogP contribution is 2.41. The molecule has 0 bridgehead atoms. The smallest absolute Gasteiger partial charge is 0.406 e. The van der Waals surface area contributed by atoms with Gasteiger partial charge in [0.25, 0.3) is 0 Å². The van der Waals surface area contributed by atoms with Crippen LogP contribution >= 0.6 is 11.8 Å². The summed E-state index contributed by atoms with van der Waals surface area (Å²) in [4.78, 5) is 20.3. The Bertz CT molecular complexity index is 1650. The molecule has 6 nitrogen and oxygen atoms in total. The molecule has 3 unspecified atom stereocenters. The lowest BCUT2D eigenvalue weighted by Crippen LogP contribution is -2.40. The average molecular weight is 649 g/mol. The summed E-state index contributed by atoms with van der Waals surface area (Å²) >= 11 is 1.92. The number of aromatic nitrogens is 3. The molecule has 4 aromatic rings. The summed E-state index contributed by atoms with van der Waals surface area (Å²) in [7, 11) is 0. The van der Waals surface area contributed by atoms with E-state index in [-0.39, 0.29) is 11.1 Å². The van der Waals surface area contributed by atoms with E-state index >= 15 is 0 Å². The molecule has 1 aliphatic carbocycles. The fraction of sp³-hybridized carbons (Fsp3) is 0.417. The van der Waals surface area contributed by atoms with Crippen LogP contribution in [0.4, 0.5) is 18.9 Å². The largest absolute Gasteiger partial charge is 0.573 e. The zero-order valence-corrected chi connectivity index (χ0v) is 27.2. The van der Waals surface area contributed by atoms with E-state index in [1.807, 2.05) is 23.9 Å². The number of alkyl halides is 3. The van der Waals surface area contributed by atoms with E-state index in [0.29, 0.717) is 42.0 Å². The van der Waals surface area contributed by atoms with Crippen molar-refractivity contribution in [1.82, 2.24) is 14.8 Å². The first-order chi connectivity index (χ1) is 22.0. The summed E-state index contributed by atoms with van der Waals surface area (Å²) in [6, 6.07) is 18.3. The van der Waals surface area contributed by atoms with Gasteiger partial charge in [0, 0.05) is 30.6 Å². The number of halogens is 3. The minimum absolute atomic E-state index is 0.200. The zero-order valence-electron chi connectivity index (χ0n) is 26.4. The summed E-state index contributed by atoms with van der Waals surface area (Å²) in [6.07, 6.45) is 2.34. The molecule has 2 fully saturated rings. The maximum absolute atomic E-state index is 13.4. The first kappa shape index (κ1) is 32.2. The molecule has 2 heterocycles. The third kappa shape index (κ3) is 7.60. The second-order valence-electron chi connectivity index (χ2n) is 12.6. The lowest BCUT2D eigenvalue weighted by atomic mass is 9.93. The molecule has 6 rings (SSSR count). The molecule has 1 aromatic heterocycles. The topological polar surface area (TPSA) is 60.2 Å². The van der Waals surface area contributed by atoms with E-state index in [1.165, 1.54) is 63.2 Å². The van der Waals surface area contributed by atoms with Gasteiger partial charge in [-0.25, -0.2) is 9.67 Å². The highest BCUT2D eigenvalue weighted by molar-refractivity contribution is 8.00. The minimum atomic E-state index is -4.73. The minimum Gasteiger partial charge on any atom is -0.406 e. The third-order valence-electron chi connectivity index (χ3n) is 9.05. The molecular formula is C36H39F3N4O2S.